The maximum absolute atomic E-state index is 14.8. The lowest BCUT2D eigenvalue weighted by atomic mass is 9.99. The van der Waals surface area contributed by atoms with Gasteiger partial charge in [-0.2, -0.15) is 0 Å². The van der Waals surface area contributed by atoms with Crippen molar-refractivity contribution in [2.24, 2.45) is 0 Å². The molecular formula is C55H76N4O10Si2. The second-order valence-electron chi connectivity index (χ2n) is 21.3. The summed E-state index contributed by atoms with van der Waals surface area (Å²) in [7, 11) is -1.55. The van der Waals surface area contributed by atoms with Gasteiger partial charge in [-0.05, 0) is 117 Å². The molecule has 0 saturated heterocycles. The third-order valence-electron chi connectivity index (χ3n) is 14.8. The summed E-state index contributed by atoms with van der Waals surface area (Å²) >= 11 is 0. The maximum Gasteiger partial charge on any atom is 0.411 e. The number of fused-ring (bicyclic) bond motifs is 2. The van der Waals surface area contributed by atoms with Crippen LogP contribution in [0.2, 0.25) is 36.3 Å². The van der Waals surface area contributed by atoms with Gasteiger partial charge in [0, 0.05) is 35.2 Å². The zero-order valence-corrected chi connectivity index (χ0v) is 45.7. The summed E-state index contributed by atoms with van der Waals surface area (Å²) in [4.78, 5) is 56.9. The van der Waals surface area contributed by atoms with E-state index in [4.69, 9.17) is 33.8 Å². The Morgan fingerprint density at radius 2 is 1.28 bits per heavy atom. The molecule has 0 spiro atoms. The molecule has 2 aliphatic heterocycles. The topological polar surface area (TPSA) is 171 Å². The molecule has 0 unspecified atom stereocenters. The van der Waals surface area contributed by atoms with Crippen LogP contribution in [0.15, 0.2) is 85.5 Å². The summed E-state index contributed by atoms with van der Waals surface area (Å²) in [6, 6.07) is 22.0. The van der Waals surface area contributed by atoms with Gasteiger partial charge < -0.3 is 48.4 Å². The zero-order chi connectivity index (χ0) is 51.9. The first-order valence-electron chi connectivity index (χ1n) is 24.7. The number of hydrogen-bond donors (Lipinski definition) is 3. The van der Waals surface area contributed by atoms with Crippen molar-refractivity contribution >= 4 is 57.3 Å². The minimum atomic E-state index is -2.45. The van der Waals surface area contributed by atoms with Crippen LogP contribution in [-0.2, 0) is 22.0 Å². The number of nitrogens with two attached hydrogens (primary N) is 1. The van der Waals surface area contributed by atoms with Gasteiger partial charge in [0.25, 0.3) is 11.8 Å². The highest BCUT2D eigenvalue weighted by Gasteiger charge is 2.43. The summed E-state index contributed by atoms with van der Waals surface area (Å²) in [6.07, 6.45) is 5.65. The van der Waals surface area contributed by atoms with Crippen molar-refractivity contribution in [2.45, 2.75) is 128 Å². The lowest BCUT2D eigenvalue weighted by Gasteiger charge is -2.38. The third kappa shape index (κ3) is 12.6. The van der Waals surface area contributed by atoms with Gasteiger partial charge in [-0.3, -0.25) is 14.9 Å². The fraction of sp³-hybridized carbons (Fsp3) is 0.473. The van der Waals surface area contributed by atoms with Gasteiger partial charge in [-0.15, -0.1) is 0 Å². The van der Waals surface area contributed by atoms with Crippen LogP contribution in [0.25, 0.3) is 0 Å². The van der Waals surface area contributed by atoms with Crippen LogP contribution in [0.1, 0.15) is 98.6 Å². The molecule has 0 bridgehead atoms. The number of nitrogens with one attached hydrogen (secondary N) is 1. The molecule has 6 rings (SSSR count). The number of rotatable bonds is 22. The number of anilines is 4. The number of nitrogens with zero attached hydrogens (tertiary/aromatic N) is 2. The summed E-state index contributed by atoms with van der Waals surface area (Å²) in [5, 5.41) is 2.53. The molecule has 0 aromatic heterocycles. The number of amides is 3. The van der Waals surface area contributed by atoms with E-state index >= 15 is 0 Å². The van der Waals surface area contributed by atoms with Gasteiger partial charge in [0.15, 0.2) is 39.6 Å². The summed E-state index contributed by atoms with van der Waals surface area (Å²) < 4.78 is 35.9. The Kier molecular flexibility index (Phi) is 17.4. The molecule has 0 saturated carbocycles. The van der Waals surface area contributed by atoms with Gasteiger partial charge in [-0.1, -0.05) is 83.7 Å². The minimum absolute atomic E-state index is 0.0137. The maximum atomic E-state index is 14.8. The Morgan fingerprint density at radius 1 is 0.761 bits per heavy atom. The predicted octanol–water partition coefficient (Wildman–Crippen LogP) is 11.6. The van der Waals surface area contributed by atoms with Gasteiger partial charge >= 0.3 is 6.09 Å². The number of carbonyl (C=O) groups excluding carboxylic acids is 3. The Hall–Kier alpha value is -5.82. The molecule has 0 fully saturated rings. The summed E-state index contributed by atoms with van der Waals surface area (Å²) in [6.45, 7) is 23.8. The molecule has 3 amide bonds. The molecule has 2 heterocycles. The Labute approximate surface area is 423 Å². The molecule has 2 atom stereocenters. The first-order chi connectivity index (χ1) is 33.5. The number of carbonyl (C=O) groups is 3. The van der Waals surface area contributed by atoms with Gasteiger partial charge in [0.05, 0.1) is 56.9 Å². The SMILES string of the molecule is C=CCOC(=O)Nc1cc(OCCCCCOc2cc(N)c(C(=O)N3c4ccccc4C[C@H]3CCC(C)(C)[Si](C)(C)O)cc2OC)c(OC)cc1C(=O)N1c2ccccc2C[C@H]1CO[Si](C)(C)C(C)(C)C. The quantitative estimate of drug-likeness (QED) is 0.0296. The monoisotopic (exact) mass is 1010 g/mol. The average Bonchev–Trinajstić information content (AvgIpc) is 3.89. The largest absolute Gasteiger partial charge is 0.493 e. The highest BCUT2D eigenvalue weighted by Crippen LogP contribution is 2.45. The van der Waals surface area contributed by atoms with E-state index in [0.717, 1.165) is 48.2 Å². The molecule has 4 N–H and O–H groups in total. The third-order valence-corrected chi connectivity index (χ3v) is 22.8. The van der Waals surface area contributed by atoms with Crippen molar-refractivity contribution in [3.8, 4) is 23.0 Å². The highest BCUT2D eigenvalue weighted by atomic mass is 28.4. The van der Waals surface area contributed by atoms with Gasteiger partial charge in [0.1, 0.15) is 6.61 Å². The summed E-state index contributed by atoms with van der Waals surface area (Å²) in [5.74, 6) is 0.981. The smallest absolute Gasteiger partial charge is 0.411 e. The molecular weight excluding hydrogens is 933 g/mol. The van der Waals surface area contributed by atoms with Crippen molar-refractivity contribution in [3.05, 3.63) is 108 Å². The highest BCUT2D eigenvalue weighted by molar-refractivity contribution is 6.74. The van der Waals surface area contributed by atoms with E-state index in [-0.39, 0.29) is 57.5 Å². The first-order valence-corrected chi connectivity index (χ1v) is 30.6. The molecule has 2 aliphatic rings. The molecule has 384 valence electrons. The van der Waals surface area contributed by atoms with E-state index in [0.29, 0.717) is 67.6 Å². The van der Waals surface area contributed by atoms with Crippen molar-refractivity contribution in [1.82, 2.24) is 0 Å². The number of methoxy groups -OCH3 is 2. The molecule has 16 heteroatoms. The fourth-order valence-electron chi connectivity index (χ4n) is 8.62. The summed E-state index contributed by atoms with van der Waals surface area (Å²) in [5.41, 5.74) is 11.5. The van der Waals surface area contributed by atoms with Crippen molar-refractivity contribution in [1.29, 1.82) is 0 Å². The van der Waals surface area contributed by atoms with Crippen LogP contribution in [0, 0.1) is 0 Å². The van der Waals surface area contributed by atoms with Crippen molar-refractivity contribution in [2.75, 3.05) is 61.5 Å². The normalized spacial score (nSPS) is 15.7. The number of hydrogen-bond acceptors (Lipinski definition) is 11. The van der Waals surface area contributed by atoms with E-state index in [9.17, 15) is 19.2 Å². The Morgan fingerprint density at radius 3 is 1.83 bits per heavy atom. The van der Waals surface area contributed by atoms with E-state index in [2.05, 4.69) is 65.7 Å². The van der Waals surface area contributed by atoms with Crippen LogP contribution in [0.5, 0.6) is 23.0 Å². The van der Waals surface area contributed by atoms with Crippen LogP contribution in [0.3, 0.4) is 0 Å². The lowest BCUT2D eigenvalue weighted by molar-refractivity contribution is 0.0965. The standard InChI is InChI=1S/C55H76N4O10Si2/c1-13-27-68-53(62)57-44-35-50(48(65-8)33-42(44)52(61)59-40(31-38-22-16-18-24-46(38)59)36-69-71(11,12)54(2,3)4)67-29-20-14-19-28-66-49-34-43(56)41(32-47(49)64-7)51(60)58-39(25-26-55(5,6)70(9,10)63)30-37-21-15-17-23-45(37)58/h13,15-18,21-24,32-35,39-40,63H,1,14,19-20,25-31,36,56H2,2-12H3,(H,57,62)/t39-,40+/m1/s1. The molecule has 0 radical (unpaired) electrons. The molecule has 14 nitrogen and oxygen atoms in total. The van der Waals surface area contributed by atoms with Crippen LogP contribution >= 0.6 is 0 Å². The number of nitrogen functional groups attached to an aromatic ring is 1. The van der Waals surface area contributed by atoms with E-state index in [1.165, 1.54) is 20.3 Å². The predicted molar refractivity (Wildman–Crippen MR) is 288 cm³/mol. The second kappa shape index (κ2) is 22.7. The Balaban J connectivity index is 1.11. The van der Waals surface area contributed by atoms with E-state index in [1.54, 1.807) is 29.2 Å². The van der Waals surface area contributed by atoms with Crippen molar-refractivity contribution < 1.29 is 47.3 Å². The molecule has 71 heavy (non-hydrogen) atoms. The second-order valence-corrected chi connectivity index (χ2v) is 30.6. The molecule has 0 aliphatic carbocycles. The van der Waals surface area contributed by atoms with Crippen LogP contribution < -0.4 is 39.8 Å². The molecule has 4 aromatic rings. The van der Waals surface area contributed by atoms with E-state index < -0.39 is 22.7 Å². The molecule has 4 aromatic carbocycles. The van der Waals surface area contributed by atoms with Gasteiger partial charge in [0.2, 0.25) is 0 Å². The van der Waals surface area contributed by atoms with Gasteiger partial charge in [-0.25, -0.2) is 4.79 Å². The number of benzene rings is 4. The van der Waals surface area contributed by atoms with E-state index in [1.807, 2.05) is 60.5 Å². The fourth-order valence-corrected chi connectivity index (χ4v) is 10.4. The minimum Gasteiger partial charge on any atom is -0.493 e. The zero-order valence-electron chi connectivity index (χ0n) is 43.7. The first kappa shape index (κ1) is 54.5. The lowest BCUT2D eigenvalue weighted by Crippen LogP contribution is -2.47. The number of para-hydroxylation sites is 2. The number of ether oxygens (including phenoxy) is 5. The van der Waals surface area contributed by atoms with Crippen LogP contribution in [-0.4, -0.2) is 92.1 Å². The van der Waals surface area contributed by atoms with Crippen molar-refractivity contribution in [3.63, 3.8) is 0 Å². The average molecular weight is 1010 g/mol. The Bertz CT molecular complexity index is 2550. The van der Waals surface area contributed by atoms with Crippen LogP contribution in [0.4, 0.5) is 27.5 Å². The number of unbranched alkanes of at least 4 members (excludes halogenated alkanes) is 2.